The Labute approximate surface area is 93.7 Å². The van der Waals surface area contributed by atoms with Gasteiger partial charge in [-0.05, 0) is 26.2 Å². The van der Waals surface area contributed by atoms with Crippen LogP contribution in [0.25, 0.3) is 0 Å². The highest BCUT2D eigenvalue weighted by atomic mass is 32.2. The first-order chi connectivity index (χ1) is 7.09. The number of carbonyl (C=O) groups excluding carboxylic acids is 1. The van der Waals surface area contributed by atoms with E-state index in [-0.39, 0.29) is 18.0 Å². The predicted octanol–water partition coefficient (Wildman–Crippen LogP) is 0.0117. The van der Waals surface area contributed by atoms with Crippen LogP contribution in [-0.2, 0) is 15.6 Å². The summed E-state index contributed by atoms with van der Waals surface area (Å²) in [5, 5.41) is 6.11. The maximum atomic E-state index is 11.6. The summed E-state index contributed by atoms with van der Waals surface area (Å²) < 4.78 is 11.0. The van der Waals surface area contributed by atoms with Crippen molar-refractivity contribution < 1.29 is 9.00 Å². The van der Waals surface area contributed by atoms with Crippen LogP contribution in [0.2, 0.25) is 0 Å². The fraction of sp³-hybridized carbons (Fsp3) is 0.900. The van der Waals surface area contributed by atoms with Crippen molar-refractivity contribution in [1.29, 1.82) is 0 Å². The molecule has 5 heteroatoms. The van der Waals surface area contributed by atoms with Gasteiger partial charge in [0.15, 0.2) is 0 Å². The lowest BCUT2D eigenvalue weighted by molar-refractivity contribution is -0.123. The SMILES string of the molecule is CC(CS(C)=O)NC1CCCCNC1=O. The van der Waals surface area contributed by atoms with Gasteiger partial charge in [0.1, 0.15) is 0 Å². The Morgan fingerprint density at radius 1 is 1.60 bits per heavy atom. The molecule has 0 bridgehead atoms. The number of amides is 1. The molecule has 0 spiro atoms. The fourth-order valence-electron chi connectivity index (χ4n) is 1.84. The second-order valence-electron chi connectivity index (χ2n) is 4.15. The lowest BCUT2D eigenvalue weighted by Gasteiger charge is -2.20. The molecule has 0 radical (unpaired) electrons. The van der Waals surface area contributed by atoms with E-state index < -0.39 is 10.8 Å². The van der Waals surface area contributed by atoms with Crippen LogP contribution >= 0.6 is 0 Å². The van der Waals surface area contributed by atoms with E-state index in [4.69, 9.17) is 0 Å². The Hall–Kier alpha value is -0.420. The minimum Gasteiger partial charge on any atom is -0.355 e. The van der Waals surface area contributed by atoms with Gasteiger partial charge in [0.05, 0.1) is 6.04 Å². The Morgan fingerprint density at radius 3 is 3.00 bits per heavy atom. The van der Waals surface area contributed by atoms with Gasteiger partial charge in [0, 0.05) is 35.4 Å². The first kappa shape index (κ1) is 12.6. The Balaban J connectivity index is 2.40. The van der Waals surface area contributed by atoms with Crippen molar-refractivity contribution in [2.24, 2.45) is 0 Å². The van der Waals surface area contributed by atoms with Gasteiger partial charge >= 0.3 is 0 Å². The molecule has 1 aliphatic rings. The van der Waals surface area contributed by atoms with Crippen LogP contribution in [0.3, 0.4) is 0 Å². The summed E-state index contributed by atoms with van der Waals surface area (Å²) in [5.41, 5.74) is 0. The lowest BCUT2D eigenvalue weighted by atomic mass is 10.1. The number of hydrogen-bond acceptors (Lipinski definition) is 3. The summed E-state index contributed by atoms with van der Waals surface area (Å²) in [6.07, 6.45) is 4.69. The van der Waals surface area contributed by atoms with E-state index in [1.54, 1.807) is 6.26 Å². The molecule has 2 N–H and O–H groups in total. The third kappa shape index (κ3) is 4.75. The van der Waals surface area contributed by atoms with E-state index in [1.165, 1.54) is 0 Å². The van der Waals surface area contributed by atoms with E-state index in [0.717, 1.165) is 25.8 Å². The van der Waals surface area contributed by atoms with E-state index in [9.17, 15) is 9.00 Å². The van der Waals surface area contributed by atoms with Crippen molar-refractivity contribution in [2.45, 2.75) is 38.3 Å². The lowest BCUT2D eigenvalue weighted by Crippen LogP contribution is -2.47. The highest BCUT2D eigenvalue weighted by molar-refractivity contribution is 7.84. The van der Waals surface area contributed by atoms with E-state index in [1.807, 2.05) is 6.92 Å². The molecule has 15 heavy (non-hydrogen) atoms. The van der Waals surface area contributed by atoms with Crippen LogP contribution in [0.1, 0.15) is 26.2 Å². The van der Waals surface area contributed by atoms with Gasteiger partial charge < -0.3 is 10.6 Å². The zero-order valence-electron chi connectivity index (χ0n) is 9.41. The minimum atomic E-state index is -0.810. The molecule has 3 unspecified atom stereocenters. The Morgan fingerprint density at radius 2 is 2.33 bits per heavy atom. The zero-order valence-corrected chi connectivity index (χ0v) is 10.2. The third-order valence-corrected chi connectivity index (χ3v) is 3.48. The summed E-state index contributed by atoms with van der Waals surface area (Å²) in [4.78, 5) is 11.6. The van der Waals surface area contributed by atoms with Gasteiger partial charge in [-0.3, -0.25) is 9.00 Å². The second-order valence-corrected chi connectivity index (χ2v) is 5.63. The monoisotopic (exact) mass is 232 g/mol. The molecule has 0 aliphatic carbocycles. The van der Waals surface area contributed by atoms with Crippen molar-refractivity contribution in [3.63, 3.8) is 0 Å². The van der Waals surface area contributed by atoms with Crippen LogP contribution in [-0.4, -0.2) is 40.8 Å². The fourth-order valence-corrected chi connectivity index (χ4v) is 2.64. The highest BCUT2D eigenvalue weighted by Gasteiger charge is 2.21. The molecular formula is C10H20N2O2S. The van der Waals surface area contributed by atoms with E-state index in [0.29, 0.717) is 5.75 Å². The third-order valence-electron chi connectivity index (χ3n) is 2.51. The summed E-state index contributed by atoms with van der Waals surface area (Å²) in [7, 11) is -0.810. The molecule has 0 saturated carbocycles. The molecule has 4 nitrogen and oxygen atoms in total. The first-order valence-electron chi connectivity index (χ1n) is 5.43. The molecule has 1 fully saturated rings. The molecule has 1 saturated heterocycles. The van der Waals surface area contributed by atoms with Gasteiger partial charge in [-0.15, -0.1) is 0 Å². The quantitative estimate of drug-likeness (QED) is 0.718. The maximum absolute atomic E-state index is 11.6. The standard InChI is InChI=1S/C10H20N2O2S/c1-8(7-15(2)14)12-9-5-3-4-6-11-10(9)13/h8-9,12H,3-7H2,1-2H3,(H,11,13). The number of rotatable bonds is 4. The van der Waals surface area contributed by atoms with Crippen LogP contribution in [0.15, 0.2) is 0 Å². The van der Waals surface area contributed by atoms with Gasteiger partial charge in [-0.1, -0.05) is 0 Å². The van der Waals surface area contributed by atoms with E-state index >= 15 is 0 Å². The predicted molar refractivity (Wildman–Crippen MR) is 62.2 cm³/mol. The van der Waals surface area contributed by atoms with Crippen molar-refractivity contribution in [1.82, 2.24) is 10.6 Å². The number of nitrogens with one attached hydrogen (secondary N) is 2. The molecular weight excluding hydrogens is 212 g/mol. The zero-order chi connectivity index (χ0) is 11.3. The molecule has 0 aromatic rings. The van der Waals surface area contributed by atoms with E-state index in [2.05, 4.69) is 10.6 Å². The van der Waals surface area contributed by atoms with Crippen molar-refractivity contribution in [3.05, 3.63) is 0 Å². The number of hydrogen-bond donors (Lipinski definition) is 2. The average Bonchev–Trinajstić information content (AvgIpc) is 2.30. The maximum Gasteiger partial charge on any atom is 0.237 e. The van der Waals surface area contributed by atoms with Gasteiger partial charge in [-0.2, -0.15) is 0 Å². The largest absolute Gasteiger partial charge is 0.355 e. The molecule has 1 rings (SSSR count). The minimum absolute atomic E-state index is 0.0845. The molecule has 1 heterocycles. The molecule has 1 aliphatic heterocycles. The smallest absolute Gasteiger partial charge is 0.237 e. The molecule has 88 valence electrons. The Kier molecular flexibility index (Phi) is 5.25. The summed E-state index contributed by atoms with van der Waals surface area (Å²) in [5.74, 6) is 0.685. The summed E-state index contributed by atoms with van der Waals surface area (Å²) in [6.45, 7) is 2.75. The molecule has 3 atom stereocenters. The summed E-state index contributed by atoms with van der Waals surface area (Å²) >= 11 is 0. The average molecular weight is 232 g/mol. The highest BCUT2D eigenvalue weighted by Crippen LogP contribution is 2.06. The van der Waals surface area contributed by atoms with Crippen molar-refractivity contribution in [2.75, 3.05) is 18.6 Å². The first-order valence-corrected chi connectivity index (χ1v) is 7.16. The molecule has 1 amide bonds. The topological polar surface area (TPSA) is 58.2 Å². The second kappa shape index (κ2) is 6.23. The summed E-state index contributed by atoms with van der Waals surface area (Å²) in [6, 6.07) is 0.0238. The normalized spacial score (nSPS) is 26.5. The van der Waals surface area contributed by atoms with Crippen LogP contribution in [0.4, 0.5) is 0 Å². The van der Waals surface area contributed by atoms with Crippen LogP contribution < -0.4 is 10.6 Å². The molecule has 0 aromatic heterocycles. The van der Waals surface area contributed by atoms with Gasteiger partial charge in [0.2, 0.25) is 5.91 Å². The van der Waals surface area contributed by atoms with Crippen LogP contribution in [0.5, 0.6) is 0 Å². The Bertz CT molecular complexity index is 246. The van der Waals surface area contributed by atoms with Gasteiger partial charge in [0.25, 0.3) is 0 Å². The van der Waals surface area contributed by atoms with Gasteiger partial charge in [-0.25, -0.2) is 0 Å². The van der Waals surface area contributed by atoms with Crippen molar-refractivity contribution >= 4 is 16.7 Å². The molecule has 0 aromatic carbocycles. The van der Waals surface area contributed by atoms with Crippen molar-refractivity contribution in [3.8, 4) is 0 Å². The van der Waals surface area contributed by atoms with Crippen LogP contribution in [0, 0.1) is 0 Å². The number of carbonyl (C=O) groups is 1.